The fraction of sp³-hybridized carbons (Fsp3) is 0.571. The van der Waals surface area contributed by atoms with Gasteiger partial charge in [0.25, 0.3) is 0 Å². The zero-order valence-corrected chi connectivity index (χ0v) is 21.9. The standard InChI is InChI=1S/C22H29N3O2.C6H14/c1-6-8-21-24-22(11-17(4)25(21)14-16(3)7-2)27-15-18-9-10-20(26-5)19(12-18)13-23;1-4-5-6(2)3/h8-12,16H,6-7,14-15H2,1-5H3;6H,4-5H2,1-3H3/b21-8-;. The average Bonchev–Trinajstić information content (AvgIpc) is 2.79. The number of rotatable bonds is 9. The van der Waals surface area contributed by atoms with Crippen molar-refractivity contribution in [1.29, 1.82) is 5.26 Å². The second kappa shape index (κ2) is 15.2. The second-order valence-electron chi connectivity index (χ2n) is 8.95. The molecule has 0 aliphatic carbocycles. The van der Waals surface area contributed by atoms with E-state index in [4.69, 9.17) is 14.5 Å². The van der Waals surface area contributed by atoms with Crippen molar-refractivity contribution in [2.75, 3.05) is 13.7 Å². The van der Waals surface area contributed by atoms with Crippen LogP contribution < -0.4 is 4.74 Å². The minimum Gasteiger partial charge on any atom is -0.495 e. The molecule has 1 heterocycles. The molecule has 0 fully saturated rings. The molecule has 1 aliphatic heterocycles. The van der Waals surface area contributed by atoms with E-state index in [2.05, 4.69) is 65.5 Å². The van der Waals surface area contributed by atoms with E-state index in [0.717, 1.165) is 42.4 Å². The second-order valence-corrected chi connectivity index (χ2v) is 8.95. The molecule has 2 rings (SSSR count). The van der Waals surface area contributed by atoms with Crippen LogP contribution in [0.2, 0.25) is 0 Å². The smallest absolute Gasteiger partial charge is 0.217 e. The Morgan fingerprint density at radius 3 is 2.42 bits per heavy atom. The van der Waals surface area contributed by atoms with Crippen LogP contribution in [0.1, 0.15) is 85.3 Å². The number of aliphatic imine (C=N–C) groups is 1. The van der Waals surface area contributed by atoms with Gasteiger partial charge in [-0.15, -0.1) is 0 Å². The fourth-order valence-electron chi connectivity index (χ4n) is 3.40. The molecule has 0 radical (unpaired) electrons. The van der Waals surface area contributed by atoms with Gasteiger partial charge in [0.1, 0.15) is 24.2 Å². The first kappa shape index (κ1) is 28.3. The number of nitriles is 1. The summed E-state index contributed by atoms with van der Waals surface area (Å²) >= 11 is 0. The summed E-state index contributed by atoms with van der Waals surface area (Å²) in [6.45, 7) is 16.7. The molecule has 1 unspecified atom stereocenters. The molecule has 0 bridgehead atoms. The minimum absolute atomic E-state index is 0.353. The summed E-state index contributed by atoms with van der Waals surface area (Å²) in [6, 6.07) is 7.62. The van der Waals surface area contributed by atoms with Crippen molar-refractivity contribution in [2.24, 2.45) is 16.8 Å². The third-order valence-electron chi connectivity index (χ3n) is 5.47. The molecule has 0 amide bonds. The minimum atomic E-state index is 0.353. The van der Waals surface area contributed by atoms with Crippen LogP contribution in [0.25, 0.3) is 0 Å². The number of hydrogen-bond acceptors (Lipinski definition) is 5. The summed E-state index contributed by atoms with van der Waals surface area (Å²) in [5.74, 6) is 3.60. The van der Waals surface area contributed by atoms with Crippen molar-refractivity contribution in [3.8, 4) is 11.8 Å². The van der Waals surface area contributed by atoms with Gasteiger partial charge in [0.2, 0.25) is 5.90 Å². The van der Waals surface area contributed by atoms with E-state index in [1.165, 1.54) is 12.8 Å². The molecule has 0 aromatic heterocycles. The number of allylic oxidation sites excluding steroid dienone is 2. The highest BCUT2D eigenvalue weighted by atomic mass is 16.5. The lowest BCUT2D eigenvalue weighted by Crippen LogP contribution is -2.29. The van der Waals surface area contributed by atoms with Crippen LogP contribution in [0.5, 0.6) is 5.75 Å². The summed E-state index contributed by atoms with van der Waals surface area (Å²) in [4.78, 5) is 6.95. The molecule has 1 atom stereocenters. The molecule has 33 heavy (non-hydrogen) atoms. The van der Waals surface area contributed by atoms with Crippen LogP contribution in [0.15, 0.2) is 46.9 Å². The van der Waals surface area contributed by atoms with E-state index in [9.17, 15) is 5.26 Å². The maximum Gasteiger partial charge on any atom is 0.217 e. The third-order valence-corrected chi connectivity index (χ3v) is 5.47. The maximum absolute atomic E-state index is 9.22. The Morgan fingerprint density at radius 2 is 1.91 bits per heavy atom. The molecule has 0 spiro atoms. The van der Waals surface area contributed by atoms with Crippen LogP contribution in [0.3, 0.4) is 0 Å². The zero-order valence-electron chi connectivity index (χ0n) is 21.9. The van der Waals surface area contributed by atoms with Crippen molar-refractivity contribution in [3.63, 3.8) is 0 Å². The Balaban J connectivity index is 0.000000801. The molecule has 5 heteroatoms. The van der Waals surface area contributed by atoms with Crippen molar-refractivity contribution < 1.29 is 9.47 Å². The Kier molecular flexibility index (Phi) is 13.0. The average molecular weight is 454 g/mol. The molecule has 1 aromatic rings. The molecule has 1 aliphatic rings. The quantitative estimate of drug-likeness (QED) is 0.390. The Bertz CT molecular complexity index is 862. The summed E-state index contributed by atoms with van der Waals surface area (Å²) < 4.78 is 11.1. The van der Waals surface area contributed by atoms with E-state index >= 15 is 0 Å². The first-order valence-corrected chi connectivity index (χ1v) is 12.2. The Labute approximate surface area is 201 Å². The lowest BCUT2D eigenvalue weighted by atomic mass is 10.1. The van der Waals surface area contributed by atoms with E-state index < -0.39 is 0 Å². The predicted octanol–water partition coefficient (Wildman–Crippen LogP) is 7.44. The highest BCUT2D eigenvalue weighted by Gasteiger charge is 2.19. The van der Waals surface area contributed by atoms with Crippen LogP contribution >= 0.6 is 0 Å². The summed E-state index contributed by atoms with van der Waals surface area (Å²) in [6.07, 6.45) is 8.86. The highest BCUT2D eigenvalue weighted by Crippen LogP contribution is 2.24. The van der Waals surface area contributed by atoms with Gasteiger partial charge in [-0.3, -0.25) is 0 Å². The summed E-state index contributed by atoms with van der Waals surface area (Å²) in [7, 11) is 1.56. The third kappa shape index (κ3) is 9.74. The number of methoxy groups -OCH3 is 1. The summed E-state index contributed by atoms with van der Waals surface area (Å²) in [5.41, 5.74) is 2.54. The lowest BCUT2D eigenvalue weighted by Gasteiger charge is -2.31. The van der Waals surface area contributed by atoms with Gasteiger partial charge in [-0.2, -0.15) is 10.3 Å². The summed E-state index contributed by atoms with van der Waals surface area (Å²) in [5, 5.41) is 9.22. The first-order chi connectivity index (χ1) is 15.8. The maximum atomic E-state index is 9.22. The van der Waals surface area contributed by atoms with Crippen molar-refractivity contribution in [2.45, 2.75) is 80.8 Å². The van der Waals surface area contributed by atoms with Gasteiger partial charge in [-0.1, -0.05) is 66.9 Å². The van der Waals surface area contributed by atoms with E-state index in [1.807, 2.05) is 12.1 Å². The molecule has 0 saturated carbocycles. The highest BCUT2D eigenvalue weighted by molar-refractivity contribution is 5.90. The number of benzene rings is 1. The van der Waals surface area contributed by atoms with Gasteiger partial charge in [0.15, 0.2) is 0 Å². The van der Waals surface area contributed by atoms with Gasteiger partial charge in [0.05, 0.1) is 12.7 Å². The molecule has 0 N–H and O–H groups in total. The first-order valence-electron chi connectivity index (χ1n) is 12.2. The SMILES string of the molecule is CC/C=C1/N=C(OCc2ccc(OC)c(C#N)c2)C=C(C)N1CC(C)CC.CCCC(C)C. The number of ether oxygens (including phenoxy) is 2. The van der Waals surface area contributed by atoms with Crippen molar-refractivity contribution in [1.82, 2.24) is 4.90 Å². The van der Waals surface area contributed by atoms with E-state index in [1.54, 1.807) is 19.2 Å². The monoisotopic (exact) mass is 453 g/mol. The fourth-order valence-corrected chi connectivity index (χ4v) is 3.40. The van der Waals surface area contributed by atoms with Crippen molar-refractivity contribution in [3.05, 3.63) is 53.0 Å². The number of hydrogen-bond donors (Lipinski definition) is 0. The largest absolute Gasteiger partial charge is 0.495 e. The zero-order chi connectivity index (χ0) is 24.8. The Morgan fingerprint density at radius 1 is 1.18 bits per heavy atom. The molecule has 182 valence electrons. The van der Waals surface area contributed by atoms with Gasteiger partial charge < -0.3 is 14.4 Å². The molecule has 1 aromatic carbocycles. The van der Waals surface area contributed by atoms with Crippen molar-refractivity contribution >= 4 is 5.90 Å². The van der Waals surface area contributed by atoms with E-state index in [-0.39, 0.29) is 0 Å². The van der Waals surface area contributed by atoms with Gasteiger partial charge in [-0.25, -0.2) is 0 Å². The molecule has 0 saturated heterocycles. The van der Waals surface area contributed by atoms with Gasteiger partial charge >= 0.3 is 0 Å². The predicted molar refractivity (Wildman–Crippen MR) is 138 cm³/mol. The Hall–Kier alpha value is -2.74. The molecular weight excluding hydrogens is 410 g/mol. The lowest BCUT2D eigenvalue weighted by molar-refractivity contribution is 0.283. The van der Waals surface area contributed by atoms with Crippen LogP contribution in [0.4, 0.5) is 0 Å². The topological polar surface area (TPSA) is 57.9 Å². The van der Waals surface area contributed by atoms with Crippen LogP contribution in [-0.2, 0) is 11.3 Å². The van der Waals surface area contributed by atoms with Gasteiger partial charge in [0, 0.05) is 18.3 Å². The normalized spacial score (nSPS) is 15.3. The molecular formula is C28H43N3O2. The molecule has 5 nitrogen and oxygen atoms in total. The number of nitrogens with zero attached hydrogens (tertiary/aromatic N) is 3. The van der Waals surface area contributed by atoms with Crippen LogP contribution in [0, 0.1) is 23.2 Å². The van der Waals surface area contributed by atoms with Gasteiger partial charge in [-0.05, 0) is 49.0 Å². The van der Waals surface area contributed by atoms with E-state index in [0.29, 0.717) is 29.7 Å². The van der Waals surface area contributed by atoms with Crippen LogP contribution in [-0.4, -0.2) is 24.5 Å².